The van der Waals surface area contributed by atoms with Crippen LogP contribution < -0.4 is 20.7 Å². The second kappa shape index (κ2) is 12.4. The quantitative estimate of drug-likeness (QED) is 0.288. The Bertz CT molecular complexity index is 851. The summed E-state index contributed by atoms with van der Waals surface area (Å²) in [7, 11) is 3.42. The summed E-state index contributed by atoms with van der Waals surface area (Å²) in [6.45, 7) is 1.22. The molecule has 0 saturated heterocycles. The molecule has 1 fully saturated rings. The highest BCUT2D eigenvalue weighted by molar-refractivity contribution is 14.0. The topological polar surface area (TPSA) is 74.8 Å². The summed E-state index contributed by atoms with van der Waals surface area (Å²) in [6.07, 6.45) is 4.31. The second-order valence-electron chi connectivity index (χ2n) is 7.26. The zero-order chi connectivity index (χ0) is 20.5. The van der Waals surface area contributed by atoms with Crippen molar-refractivity contribution in [3.05, 3.63) is 59.7 Å². The summed E-state index contributed by atoms with van der Waals surface area (Å²) in [4.78, 5) is 16.6. The lowest BCUT2D eigenvalue weighted by Crippen LogP contribution is -2.36. The van der Waals surface area contributed by atoms with E-state index in [9.17, 15) is 4.79 Å². The van der Waals surface area contributed by atoms with E-state index in [1.807, 2.05) is 48.5 Å². The van der Waals surface area contributed by atoms with Gasteiger partial charge in [0.2, 0.25) is 5.91 Å². The van der Waals surface area contributed by atoms with Crippen molar-refractivity contribution in [3.8, 4) is 5.75 Å². The highest BCUT2D eigenvalue weighted by Gasteiger charge is 2.22. The van der Waals surface area contributed by atoms with Crippen LogP contribution in [0.25, 0.3) is 0 Å². The highest BCUT2D eigenvalue weighted by Crippen LogP contribution is 2.26. The Morgan fingerprint density at radius 2 is 1.80 bits per heavy atom. The molecule has 0 aliphatic heterocycles. The fourth-order valence-electron chi connectivity index (χ4n) is 3.63. The Morgan fingerprint density at radius 1 is 1.07 bits per heavy atom. The number of halogens is 1. The highest BCUT2D eigenvalue weighted by atomic mass is 127. The van der Waals surface area contributed by atoms with Gasteiger partial charge in [0.15, 0.2) is 5.96 Å². The number of nitrogens with one attached hydrogen (secondary N) is 3. The number of carbonyl (C=O) groups excluding carboxylic acids is 1. The predicted octanol–water partition coefficient (Wildman–Crippen LogP) is 4.31. The summed E-state index contributed by atoms with van der Waals surface area (Å²) in [5, 5.41) is 9.68. The minimum absolute atomic E-state index is 0. The van der Waals surface area contributed by atoms with Crippen LogP contribution in [-0.2, 0) is 17.9 Å². The largest absolute Gasteiger partial charge is 0.496 e. The first-order valence-corrected chi connectivity index (χ1v) is 10.2. The number of nitrogens with zero attached hydrogens (tertiary/aromatic N) is 1. The van der Waals surface area contributed by atoms with Crippen molar-refractivity contribution in [2.75, 3.05) is 19.5 Å². The molecule has 2 aromatic carbocycles. The molecule has 0 spiro atoms. The van der Waals surface area contributed by atoms with Crippen LogP contribution in [0, 0.1) is 5.92 Å². The third kappa shape index (κ3) is 6.90. The fraction of sp³-hybridized carbons (Fsp3) is 0.391. The zero-order valence-electron chi connectivity index (χ0n) is 17.6. The second-order valence-corrected chi connectivity index (χ2v) is 7.26. The Hall–Kier alpha value is -2.29. The molecule has 30 heavy (non-hydrogen) atoms. The number of methoxy groups -OCH3 is 1. The van der Waals surface area contributed by atoms with Gasteiger partial charge < -0.3 is 20.7 Å². The molecule has 1 aliphatic carbocycles. The van der Waals surface area contributed by atoms with Crippen molar-refractivity contribution in [3.63, 3.8) is 0 Å². The number of hydrogen-bond donors (Lipinski definition) is 3. The SMILES string of the molecule is CN=C(NCc1cccc(NC(=O)C2CCCC2)c1)NCc1ccccc1OC.I. The van der Waals surface area contributed by atoms with Crippen LogP contribution in [-0.4, -0.2) is 26.0 Å². The molecule has 0 bridgehead atoms. The minimum Gasteiger partial charge on any atom is -0.496 e. The van der Waals surface area contributed by atoms with Gasteiger partial charge in [0.05, 0.1) is 7.11 Å². The van der Waals surface area contributed by atoms with E-state index in [4.69, 9.17) is 4.74 Å². The van der Waals surface area contributed by atoms with Crippen molar-refractivity contribution in [1.82, 2.24) is 10.6 Å². The van der Waals surface area contributed by atoms with E-state index in [-0.39, 0.29) is 35.8 Å². The van der Waals surface area contributed by atoms with Crippen molar-refractivity contribution in [2.24, 2.45) is 10.9 Å². The fourth-order valence-corrected chi connectivity index (χ4v) is 3.63. The molecule has 0 unspecified atom stereocenters. The number of amides is 1. The molecule has 6 nitrogen and oxygen atoms in total. The summed E-state index contributed by atoms with van der Waals surface area (Å²) >= 11 is 0. The van der Waals surface area contributed by atoms with Crippen LogP contribution in [0.3, 0.4) is 0 Å². The monoisotopic (exact) mass is 522 g/mol. The van der Waals surface area contributed by atoms with Crippen LogP contribution in [0.5, 0.6) is 5.75 Å². The van der Waals surface area contributed by atoms with Crippen LogP contribution >= 0.6 is 24.0 Å². The number of aliphatic imine (C=N–C) groups is 1. The summed E-state index contributed by atoms with van der Waals surface area (Å²) in [5.74, 6) is 1.86. The molecule has 162 valence electrons. The third-order valence-corrected chi connectivity index (χ3v) is 5.24. The third-order valence-electron chi connectivity index (χ3n) is 5.24. The standard InChI is InChI=1S/C23H30N4O2.HI/c1-24-23(26-16-19-11-5-6-13-21(19)29-2)25-15-17-8-7-12-20(14-17)27-22(28)18-9-3-4-10-18;/h5-8,11-14,18H,3-4,9-10,15-16H2,1-2H3,(H,27,28)(H2,24,25,26);1H. The normalized spacial score (nSPS) is 14.0. The van der Waals surface area contributed by atoms with Gasteiger partial charge in [0.1, 0.15) is 5.75 Å². The number of carbonyl (C=O) groups is 1. The van der Waals surface area contributed by atoms with Gasteiger partial charge in [0.25, 0.3) is 0 Å². The van der Waals surface area contributed by atoms with Crippen molar-refractivity contribution < 1.29 is 9.53 Å². The van der Waals surface area contributed by atoms with E-state index < -0.39 is 0 Å². The molecule has 0 radical (unpaired) electrons. The molecule has 0 heterocycles. The average Bonchev–Trinajstić information content (AvgIpc) is 3.29. The molecular formula is C23H31IN4O2. The lowest BCUT2D eigenvalue weighted by molar-refractivity contribution is -0.119. The maximum Gasteiger partial charge on any atom is 0.227 e. The van der Waals surface area contributed by atoms with Gasteiger partial charge in [-0.2, -0.15) is 0 Å². The number of ether oxygens (including phenoxy) is 1. The average molecular weight is 522 g/mol. The number of benzene rings is 2. The van der Waals surface area contributed by atoms with Gasteiger partial charge in [-0.15, -0.1) is 24.0 Å². The minimum atomic E-state index is 0. The molecule has 1 saturated carbocycles. The van der Waals surface area contributed by atoms with E-state index in [2.05, 4.69) is 20.9 Å². The first-order valence-electron chi connectivity index (χ1n) is 10.2. The van der Waals surface area contributed by atoms with Crippen LogP contribution in [0.1, 0.15) is 36.8 Å². The molecule has 3 N–H and O–H groups in total. The van der Waals surface area contributed by atoms with E-state index in [0.29, 0.717) is 19.0 Å². The molecule has 3 rings (SSSR count). The van der Waals surface area contributed by atoms with Gasteiger partial charge in [0, 0.05) is 37.3 Å². The van der Waals surface area contributed by atoms with Gasteiger partial charge in [-0.1, -0.05) is 43.2 Å². The van der Waals surface area contributed by atoms with Crippen LogP contribution in [0.4, 0.5) is 5.69 Å². The van der Waals surface area contributed by atoms with Crippen LogP contribution in [0.15, 0.2) is 53.5 Å². The maximum absolute atomic E-state index is 12.3. The molecule has 0 atom stereocenters. The number of rotatable bonds is 7. The van der Waals surface area contributed by atoms with E-state index in [1.54, 1.807) is 14.2 Å². The zero-order valence-corrected chi connectivity index (χ0v) is 19.9. The predicted molar refractivity (Wildman–Crippen MR) is 132 cm³/mol. The van der Waals surface area contributed by atoms with Crippen LogP contribution in [0.2, 0.25) is 0 Å². The molecule has 2 aromatic rings. The molecule has 1 aliphatic rings. The van der Waals surface area contributed by atoms with Gasteiger partial charge in [-0.3, -0.25) is 9.79 Å². The Labute approximate surface area is 195 Å². The molecule has 1 amide bonds. The summed E-state index contributed by atoms with van der Waals surface area (Å²) < 4.78 is 5.39. The van der Waals surface area contributed by atoms with Gasteiger partial charge in [-0.05, 0) is 36.6 Å². The summed E-state index contributed by atoms with van der Waals surface area (Å²) in [6, 6.07) is 15.8. The Balaban J connectivity index is 0.00000320. The lowest BCUT2D eigenvalue weighted by atomic mass is 10.1. The van der Waals surface area contributed by atoms with Crippen molar-refractivity contribution >= 4 is 41.5 Å². The number of para-hydroxylation sites is 1. The molecular weight excluding hydrogens is 491 g/mol. The van der Waals surface area contributed by atoms with E-state index >= 15 is 0 Å². The van der Waals surface area contributed by atoms with Gasteiger partial charge in [-0.25, -0.2) is 0 Å². The van der Waals surface area contributed by atoms with Crippen molar-refractivity contribution in [2.45, 2.75) is 38.8 Å². The van der Waals surface area contributed by atoms with Crippen molar-refractivity contribution in [1.29, 1.82) is 0 Å². The first-order chi connectivity index (χ1) is 14.2. The van der Waals surface area contributed by atoms with E-state index in [0.717, 1.165) is 48.2 Å². The van der Waals surface area contributed by atoms with E-state index in [1.165, 1.54) is 0 Å². The number of guanidine groups is 1. The number of hydrogen-bond acceptors (Lipinski definition) is 3. The Morgan fingerprint density at radius 3 is 2.53 bits per heavy atom. The smallest absolute Gasteiger partial charge is 0.227 e. The lowest BCUT2D eigenvalue weighted by Gasteiger charge is -2.15. The number of anilines is 1. The first kappa shape index (κ1) is 24.0. The molecule has 7 heteroatoms. The Kier molecular flexibility index (Phi) is 9.93. The van der Waals surface area contributed by atoms with Gasteiger partial charge >= 0.3 is 0 Å². The summed E-state index contributed by atoms with van der Waals surface area (Å²) in [5.41, 5.74) is 2.99. The maximum atomic E-state index is 12.3. The molecule has 0 aromatic heterocycles.